The minimum Gasteiger partial charge on any atom is -0.458 e. The van der Waals surface area contributed by atoms with Crippen molar-refractivity contribution in [3.05, 3.63) is 46.3 Å². The first-order valence-electron chi connectivity index (χ1n) is 7.49. The van der Waals surface area contributed by atoms with Crippen molar-refractivity contribution in [2.24, 2.45) is 0 Å². The van der Waals surface area contributed by atoms with E-state index in [2.05, 4.69) is 0 Å². The maximum atomic E-state index is 12.2. The molecule has 3 atom stereocenters. The van der Waals surface area contributed by atoms with Gasteiger partial charge in [0.1, 0.15) is 17.4 Å². The molecule has 1 aromatic heterocycles. The first kappa shape index (κ1) is 15.2. The summed E-state index contributed by atoms with van der Waals surface area (Å²) >= 11 is 0. The molecule has 1 aliphatic heterocycles. The predicted octanol–water partition coefficient (Wildman–Crippen LogP) is 2.81. The van der Waals surface area contributed by atoms with Gasteiger partial charge in [-0.3, -0.25) is 4.79 Å². The van der Waals surface area contributed by atoms with Crippen LogP contribution < -0.4 is 5.43 Å². The standard InChI is InChI=1S/C17H20O5/c1-4-19-11(2)20-10-16-17(3,22-16)15-9-13(18)12-7-5-6-8-14(12)21-15/h5-9,11,16H,4,10H2,1-3H3/t11?,16-,17+/m1/s1. The highest BCUT2D eigenvalue weighted by Gasteiger charge is 2.56. The summed E-state index contributed by atoms with van der Waals surface area (Å²) in [5.74, 6) is 0.536. The van der Waals surface area contributed by atoms with Crippen molar-refractivity contribution in [2.45, 2.75) is 38.8 Å². The van der Waals surface area contributed by atoms with E-state index >= 15 is 0 Å². The molecular formula is C17H20O5. The van der Waals surface area contributed by atoms with Gasteiger partial charge in [-0.15, -0.1) is 0 Å². The maximum Gasteiger partial charge on any atom is 0.193 e. The first-order valence-corrected chi connectivity index (χ1v) is 7.49. The molecule has 5 heteroatoms. The smallest absolute Gasteiger partial charge is 0.193 e. The van der Waals surface area contributed by atoms with Crippen LogP contribution in [0.15, 0.2) is 39.5 Å². The van der Waals surface area contributed by atoms with Crippen LogP contribution in [0.1, 0.15) is 26.5 Å². The lowest BCUT2D eigenvalue weighted by atomic mass is 10.0. The van der Waals surface area contributed by atoms with Crippen molar-refractivity contribution in [2.75, 3.05) is 13.2 Å². The normalized spacial score (nSPS) is 25.3. The zero-order valence-corrected chi connectivity index (χ0v) is 13.0. The molecule has 1 aromatic carbocycles. The molecule has 2 heterocycles. The Morgan fingerprint density at radius 3 is 2.86 bits per heavy atom. The van der Waals surface area contributed by atoms with Gasteiger partial charge in [-0.05, 0) is 32.9 Å². The third-order valence-corrected chi connectivity index (χ3v) is 3.95. The zero-order chi connectivity index (χ0) is 15.7. The summed E-state index contributed by atoms with van der Waals surface area (Å²) in [6.45, 7) is 6.66. The summed E-state index contributed by atoms with van der Waals surface area (Å²) in [5.41, 5.74) is -0.102. The Morgan fingerprint density at radius 1 is 1.32 bits per heavy atom. The number of hydrogen-bond donors (Lipinski definition) is 0. The highest BCUT2D eigenvalue weighted by molar-refractivity contribution is 5.76. The number of ether oxygens (including phenoxy) is 3. The fourth-order valence-corrected chi connectivity index (χ4v) is 2.53. The molecule has 1 fully saturated rings. The van der Waals surface area contributed by atoms with E-state index in [1.807, 2.05) is 32.9 Å². The van der Waals surface area contributed by atoms with Gasteiger partial charge in [0.05, 0.1) is 12.0 Å². The first-order chi connectivity index (χ1) is 10.5. The highest BCUT2D eigenvalue weighted by Crippen LogP contribution is 2.46. The van der Waals surface area contributed by atoms with Gasteiger partial charge >= 0.3 is 0 Å². The Bertz CT molecular complexity index is 722. The van der Waals surface area contributed by atoms with Crippen molar-refractivity contribution in [1.82, 2.24) is 0 Å². The third-order valence-electron chi connectivity index (χ3n) is 3.95. The topological polar surface area (TPSA) is 61.2 Å². The molecule has 0 saturated carbocycles. The maximum absolute atomic E-state index is 12.2. The largest absolute Gasteiger partial charge is 0.458 e. The van der Waals surface area contributed by atoms with Crippen LogP contribution in [0.25, 0.3) is 11.0 Å². The van der Waals surface area contributed by atoms with Crippen molar-refractivity contribution < 1.29 is 18.6 Å². The minimum atomic E-state index is -0.616. The van der Waals surface area contributed by atoms with Crippen LogP contribution in [-0.4, -0.2) is 25.6 Å². The van der Waals surface area contributed by atoms with Gasteiger partial charge < -0.3 is 18.6 Å². The number of para-hydroxylation sites is 1. The van der Waals surface area contributed by atoms with E-state index in [-0.39, 0.29) is 17.8 Å². The van der Waals surface area contributed by atoms with Crippen molar-refractivity contribution in [3.8, 4) is 0 Å². The lowest BCUT2D eigenvalue weighted by Gasteiger charge is -2.12. The van der Waals surface area contributed by atoms with E-state index in [9.17, 15) is 4.79 Å². The summed E-state index contributed by atoms with van der Waals surface area (Å²) < 4.78 is 22.4. The lowest BCUT2D eigenvalue weighted by molar-refractivity contribution is -0.129. The second-order valence-electron chi connectivity index (χ2n) is 5.54. The molecule has 1 unspecified atom stereocenters. The lowest BCUT2D eigenvalue weighted by Crippen LogP contribution is -2.20. The molecule has 22 heavy (non-hydrogen) atoms. The van der Waals surface area contributed by atoms with Crippen LogP contribution in [0, 0.1) is 0 Å². The van der Waals surface area contributed by atoms with E-state index in [0.29, 0.717) is 29.9 Å². The summed E-state index contributed by atoms with van der Waals surface area (Å²) in [5, 5.41) is 0.577. The van der Waals surface area contributed by atoms with E-state index in [1.54, 1.807) is 12.1 Å². The predicted molar refractivity (Wildman–Crippen MR) is 81.7 cm³/mol. The van der Waals surface area contributed by atoms with Crippen LogP contribution in [0.3, 0.4) is 0 Å². The van der Waals surface area contributed by atoms with E-state index in [1.165, 1.54) is 6.07 Å². The van der Waals surface area contributed by atoms with Crippen LogP contribution in [0.2, 0.25) is 0 Å². The molecule has 5 nitrogen and oxygen atoms in total. The van der Waals surface area contributed by atoms with Crippen LogP contribution in [0.5, 0.6) is 0 Å². The molecule has 2 aromatic rings. The molecule has 1 aliphatic rings. The molecule has 3 rings (SSSR count). The average molecular weight is 304 g/mol. The zero-order valence-electron chi connectivity index (χ0n) is 13.0. The van der Waals surface area contributed by atoms with Gasteiger partial charge in [0, 0.05) is 12.7 Å². The van der Waals surface area contributed by atoms with Gasteiger partial charge in [0.25, 0.3) is 0 Å². The molecule has 0 bridgehead atoms. The number of epoxide rings is 1. The molecule has 0 spiro atoms. The van der Waals surface area contributed by atoms with Crippen LogP contribution in [-0.2, 0) is 19.8 Å². The summed E-state index contributed by atoms with van der Waals surface area (Å²) in [4.78, 5) is 12.2. The van der Waals surface area contributed by atoms with E-state index in [4.69, 9.17) is 18.6 Å². The number of benzene rings is 1. The fourth-order valence-electron chi connectivity index (χ4n) is 2.53. The van der Waals surface area contributed by atoms with Gasteiger partial charge in [-0.2, -0.15) is 0 Å². The summed E-state index contributed by atoms with van der Waals surface area (Å²) in [6, 6.07) is 8.71. The fraction of sp³-hybridized carbons (Fsp3) is 0.471. The molecule has 0 N–H and O–H groups in total. The monoisotopic (exact) mass is 304 g/mol. The van der Waals surface area contributed by atoms with Crippen LogP contribution in [0.4, 0.5) is 0 Å². The molecule has 1 saturated heterocycles. The van der Waals surface area contributed by atoms with Gasteiger partial charge in [-0.1, -0.05) is 12.1 Å². The molecule has 118 valence electrons. The molecule has 0 aliphatic carbocycles. The Kier molecular flexibility index (Phi) is 4.04. The number of rotatable bonds is 6. The Balaban J connectivity index is 1.76. The third kappa shape index (κ3) is 2.79. The van der Waals surface area contributed by atoms with E-state index < -0.39 is 5.60 Å². The van der Waals surface area contributed by atoms with Crippen molar-refractivity contribution in [3.63, 3.8) is 0 Å². The Hall–Kier alpha value is -1.69. The highest BCUT2D eigenvalue weighted by atomic mass is 16.7. The molecule has 0 amide bonds. The Labute approximate surface area is 128 Å². The van der Waals surface area contributed by atoms with Gasteiger partial charge in [0.2, 0.25) is 0 Å². The van der Waals surface area contributed by atoms with Gasteiger partial charge in [-0.25, -0.2) is 0 Å². The van der Waals surface area contributed by atoms with Crippen molar-refractivity contribution in [1.29, 1.82) is 0 Å². The van der Waals surface area contributed by atoms with E-state index in [0.717, 1.165) is 0 Å². The van der Waals surface area contributed by atoms with Crippen molar-refractivity contribution >= 4 is 11.0 Å². The second kappa shape index (κ2) is 5.83. The second-order valence-corrected chi connectivity index (χ2v) is 5.54. The average Bonchev–Trinajstić information content (AvgIpc) is 3.18. The molecule has 0 radical (unpaired) electrons. The quantitative estimate of drug-likeness (QED) is 0.606. The number of hydrogen-bond acceptors (Lipinski definition) is 5. The molecular weight excluding hydrogens is 284 g/mol. The Morgan fingerprint density at radius 2 is 2.09 bits per heavy atom. The van der Waals surface area contributed by atoms with Gasteiger partial charge in [0.15, 0.2) is 17.3 Å². The summed E-state index contributed by atoms with van der Waals surface area (Å²) in [6.07, 6.45) is -0.415. The van der Waals surface area contributed by atoms with Crippen LogP contribution >= 0.6 is 0 Å². The number of fused-ring (bicyclic) bond motifs is 1. The summed E-state index contributed by atoms with van der Waals surface area (Å²) in [7, 11) is 0. The minimum absolute atomic E-state index is 0.0593. The SMILES string of the molecule is CCOC(C)OC[C@H]1O[C@@]1(C)c1cc(=O)c2ccccc2o1.